The first-order valence-corrected chi connectivity index (χ1v) is 4.16. The Labute approximate surface area is 81.2 Å². The van der Waals surface area contributed by atoms with Crippen LogP contribution in [0.1, 0.15) is 0 Å². The van der Waals surface area contributed by atoms with E-state index in [9.17, 15) is 0 Å². The summed E-state index contributed by atoms with van der Waals surface area (Å²) in [5.74, 6) is 0.443. The van der Waals surface area contributed by atoms with Gasteiger partial charge in [0.05, 0.1) is 6.61 Å². The first-order valence-electron chi connectivity index (χ1n) is 3.75. The van der Waals surface area contributed by atoms with Crippen molar-refractivity contribution >= 4 is 23.3 Å². The summed E-state index contributed by atoms with van der Waals surface area (Å²) in [6, 6.07) is 1.72. The Balaban J connectivity index is 2.37. The normalized spacial score (nSPS) is 9.31. The van der Waals surface area contributed by atoms with Crippen molar-refractivity contribution in [3.05, 3.63) is 18.5 Å². The summed E-state index contributed by atoms with van der Waals surface area (Å²) in [7, 11) is 0. The molecule has 0 bridgehead atoms. The molecule has 0 amide bonds. The molecule has 13 heavy (non-hydrogen) atoms. The van der Waals surface area contributed by atoms with Gasteiger partial charge in [0.1, 0.15) is 0 Å². The SMILES string of the molecule is OCCNC(=S)Nc1ncccn1. The minimum absolute atomic E-state index is 0.0392. The molecule has 0 aliphatic heterocycles. The molecule has 0 unspecified atom stereocenters. The van der Waals surface area contributed by atoms with Gasteiger partial charge in [-0.3, -0.25) is 0 Å². The standard InChI is InChI=1S/C7H10N4OS/c12-5-4-10-7(13)11-6-8-2-1-3-9-6/h1-3,12H,4-5H2,(H2,8,9,10,11,13). The van der Waals surface area contributed by atoms with E-state index in [-0.39, 0.29) is 6.61 Å². The monoisotopic (exact) mass is 198 g/mol. The summed E-state index contributed by atoms with van der Waals surface area (Å²) in [6.07, 6.45) is 3.23. The van der Waals surface area contributed by atoms with Crippen molar-refractivity contribution in [2.24, 2.45) is 0 Å². The molecular weight excluding hydrogens is 188 g/mol. The second-order valence-electron chi connectivity index (χ2n) is 2.18. The molecule has 6 heteroatoms. The third kappa shape index (κ3) is 3.77. The number of nitrogens with zero attached hydrogens (tertiary/aromatic N) is 2. The number of rotatable bonds is 3. The Bertz CT molecular complexity index is 266. The number of hydrogen-bond donors (Lipinski definition) is 3. The summed E-state index contributed by atoms with van der Waals surface area (Å²) in [5, 5.41) is 14.4. The highest BCUT2D eigenvalue weighted by Crippen LogP contribution is 1.92. The van der Waals surface area contributed by atoms with Crippen LogP contribution in [0.15, 0.2) is 18.5 Å². The number of aliphatic hydroxyl groups is 1. The second-order valence-corrected chi connectivity index (χ2v) is 2.59. The van der Waals surface area contributed by atoms with E-state index >= 15 is 0 Å². The Morgan fingerprint density at radius 3 is 2.77 bits per heavy atom. The maximum atomic E-state index is 8.50. The number of thiocarbonyl (C=S) groups is 1. The minimum atomic E-state index is 0.0392. The van der Waals surface area contributed by atoms with E-state index in [1.165, 1.54) is 0 Å². The van der Waals surface area contributed by atoms with Crippen LogP contribution in [0.3, 0.4) is 0 Å². The quantitative estimate of drug-likeness (QED) is 0.582. The molecule has 0 aliphatic rings. The van der Waals surface area contributed by atoms with Gasteiger partial charge in [0.15, 0.2) is 5.11 Å². The smallest absolute Gasteiger partial charge is 0.228 e. The highest BCUT2D eigenvalue weighted by molar-refractivity contribution is 7.80. The van der Waals surface area contributed by atoms with E-state index in [0.717, 1.165) is 0 Å². The average Bonchev–Trinajstić information content (AvgIpc) is 2.16. The summed E-state index contributed by atoms with van der Waals surface area (Å²) >= 11 is 4.89. The van der Waals surface area contributed by atoms with Crippen LogP contribution < -0.4 is 10.6 Å². The van der Waals surface area contributed by atoms with Crippen molar-refractivity contribution in [3.63, 3.8) is 0 Å². The van der Waals surface area contributed by atoms with Gasteiger partial charge in [-0.1, -0.05) is 0 Å². The number of hydrogen-bond acceptors (Lipinski definition) is 4. The van der Waals surface area contributed by atoms with Crippen LogP contribution in [0, 0.1) is 0 Å². The molecule has 0 fully saturated rings. The van der Waals surface area contributed by atoms with Gasteiger partial charge in [-0.25, -0.2) is 9.97 Å². The number of aromatic nitrogens is 2. The van der Waals surface area contributed by atoms with Gasteiger partial charge in [-0.05, 0) is 18.3 Å². The van der Waals surface area contributed by atoms with Crippen molar-refractivity contribution in [1.82, 2.24) is 15.3 Å². The van der Waals surface area contributed by atoms with Crippen molar-refractivity contribution in [2.75, 3.05) is 18.5 Å². The van der Waals surface area contributed by atoms with Gasteiger partial charge in [-0.15, -0.1) is 0 Å². The molecule has 0 radical (unpaired) electrons. The number of aliphatic hydroxyl groups excluding tert-OH is 1. The van der Waals surface area contributed by atoms with Gasteiger partial charge < -0.3 is 15.7 Å². The van der Waals surface area contributed by atoms with E-state index in [2.05, 4.69) is 20.6 Å². The summed E-state index contributed by atoms with van der Waals surface area (Å²) in [6.45, 7) is 0.454. The first-order chi connectivity index (χ1) is 6.33. The Hall–Kier alpha value is -1.27. The fourth-order valence-electron chi connectivity index (χ4n) is 0.679. The fraction of sp³-hybridized carbons (Fsp3) is 0.286. The highest BCUT2D eigenvalue weighted by atomic mass is 32.1. The maximum absolute atomic E-state index is 8.50. The molecule has 70 valence electrons. The van der Waals surface area contributed by atoms with Crippen LogP contribution in [0.25, 0.3) is 0 Å². The second kappa shape index (κ2) is 5.39. The molecule has 0 spiro atoms. The van der Waals surface area contributed by atoms with Crippen molar-refractivity contribution in [3.8, 4) is 0 Å². The number of nitrogens with one attached hydrogen (secondary N) is 2. The summed E-state index contributed by atoms with van der Waals surface area (Å²) in [5.41, 5.74) is 0. The van der Waals surface area contributed by atoms with Crippen LogP contribution in [-0.2, 0) is 0 Å². The van der Waals surface area contributed by atoms with Crippen LogP contribution >= 0.6 is 12.2 Å². The average molecular weight is 198 g/mol. The lowest BCUT2D eigenvalue weighted by Crippen LogP contribution is -2.31. The minimum Gasteiger partial charge on any atom is -0.395 e. The lowest BCUT2D eigenvalue weighted by atomic mass is 10.6. The molecule has 5 nitrogen and oxygen atoms in total. The molecule has 0 atom stereocenters. The molecular formula is C7H10N4OS. The third-order valence-electron chi connectivity index (χ3n) is 1.19. The molecule has 0 saturated carbocycles. The summed E-state index contributed by atoms with van der Waals surface area (Å²) in [4.78, 5) is 7.83. The zero-order valence-corrected chi connectivity index (χ0v) is 7.71. The van der Waals surface area contributed by atoms with E-state index < -0.39 is 0 Å². The summed E-state index contributed by atoms with van der Waals surface area (Å²) < 4.78 is 0. The zero-order chi connectivity index (χ0) is 9.52. The van der Waals surface area contributed by atoms with E-state index in [1.807, 2.05) is 0 Å². The molecule has 0 aromatic carbocycles. The predicted molar refractivity (Wildman–Crippen MR) is 53.3 cm³/mol. The van der Waals surface area contributed by atoms with E-state index in [1.54, 1.807) is 18.5 Å². The predicted octanol–water partition coefficient (Wildman–Crippen LogP) is -0.245. The van der Waals surface area contributed by atoms with Crippen LogP contribution in [-0.4, -0.2) is 33.3 Å². The fourth-order valence-corrected chi connectivity index (χ4v) is 0.872. The topological polar surface area (TPSA) is 70.1 Å². The lowest BCUT2D eigenvalue weighted by Gasteiger charge is -2.06. The Morgan fingerprint density at radius 2 is 2.15 bits per heavy atom. The molecule has 0 aliphatic carbocycles. The highest BCUT2D eigenvalue weighted by Gasteiger charge is 1.96. The Kier molecular flexibility index (Phi) is 4.07. The first kappa shape index (κ1) is 9.82. The molecule has 0 saturated heterocycles. The Morgan fingerprint density at radius 1 is 1.46 bits per heavy atom. The van der Waals surface area contributed by atoms with Crippen LogP contribution in [0.5, 0.6) is 0 Å². The third-order valence-corrected chi connectivity index (χ3v) is 1.43. The lowest BCUT2D eigenvalue weighted by molar-refractivity contribution is 0.300. The van der Waals surface area contributed by atoms with Gasteiger partial charge in [-0.2, -0.15) is 0 Å². The molecule has 1 aromatic rings. The van der Waals surface area contributed by atoms with Crippen LogP contribution in [0.2, 0.25) is 0 Å². The van der Waals surface area contributed by atoms with Gasteiger partial charge in [0, 0.05) is 18.9 Å². The van der Waals surface area contributed by atoms with Gasteiger partial charge >= 0.3 is 0 Å². The molecule has 3 N–H and O–H groups in total. The largest absolute Gasteiger partial charge is 0.395 e. The van der Waals surface area contributed by atoms with Gasteiger partial charge in [0.2, 0.25) is 5.95 Å². The van der Waals surface area contributed by atoms with Crippen LogP contribution in [0.4, 0.5) is 5.95 Å². The molecule has 1 aromatic heterocycles. The van der Waals surface area contributed by atoms with Gasteiger partial charge in [0.25, 0.3) is 0 Å². The van der Waals surface area contributed by atoms with Crippen molar-refractivity contribution in [1.29, 1.82) is 0 Å². The molecule has 1 rings (SSSR count). The maximum Gasteiger partial charge on any atom is 0.228 e. The van der Waals surface area contributed by atoms with E-state index in [4.69, 9.17) is 17.3 Å². The number of anilines is 1. The zero-order valence-electron chi connectivity index (χ0n) is 6.90. The van der Waals surface area contributed by atoms with E-state index in [0.29, 0.717) is 17.6 Å². The molecule has 1 heterocycles. The van der Waals surface area contributed by atoms with Crippen molar-refractivity contribution in [2.45, 2.75) is 0 Å². The van der Waals surface area contributed by atoms with Crippen molar-refractivity contribution < 1.29 is 5.11 Å².